The number of rotatable bonds is 8. The number of nitrogens with one attached hydrogen (secondary N) is 1. The topological polar surface area (TPSA) is 87.5 Å². The van der Waals surface area contributed by atoms with Crippen LogP contribution in [0.1, 0.15) is 61.8 Å². The van der Waals surface area contributed by atoms with Gasteiger partial charge in [0.1, 0.15) is 29.8 Å². The molecule has 0 spiro atoms. The molecule has 1 saturated heterocycles. The number of hydrogen-bond acceptors (Lipinski definition) is 6. The van der Waals surface area contributed by atoms with Gasteiger partial charge in [0, 0.05) is 31.1 Å². The van der Waals surface area contributed by atoms with Crippen molar-refractivity contribution in [1.29, 1.82) is 5.26 Å². The highest BCUT2D eigenvalue weighted by atomic mass is 16.6. The Morgan fingerprint density at radius 3 is 2.37 bits per heavy atom. The number of nitrogens with zero attached hydrogens (tertiary/aromatic N) is 3. The zero-order valence-electron chi connectivity index (χ0n) is 25.0. The van der Waals surface area contributed by atoms with Crippen molar-refractivity contribution >= 4 is 11.9 Å². The number of piperidine rings is 1. The SMILES string of the molecule is CC(C)(C)OC(=O)N1CCCC(c2cc(-c3ccccc3OCc3ccccc3)nc(NCc3ccccc3)c2C#N)C1. The molecule has 1 amide bonds. The Labute approximate surface area is 254 Å². The molecule has 2 heterocycles. The van der Waals surface area contributed by atoms with E-state index in [-0.39, 0.29) is 12.0 Å². The van der Waals surface area contributed by atoms with E-state index in [9.17, 15) is 10.1 Å². The van der Waals surface area contributed by atoms with E-state index >= 15 is 0 Å². The number of nitriles is 1. The highest BCUT2D eigenvalue weighted by Crippen LogP contribution is 2.37. The summed E-state index contributed by atoms with van der Waals surface area (Å²) in [6, 6.07) is 32.4. The molecule has 1 unspecified atom stereocenters. The van der Waals surface area contributed by atoms with Crippen LogP contribution in [0.2, 0.25) is 0 Å². The van der Waals surface area contributed by atoms with E-state index in [2.05, 4.69) is 11.4 Å². The normalized spacial score (nSPS) is 14.9. The van der Waals surface area contributed by atoms with Crippen LogP contribution in [0, 0.1) is 11.3 Å². The molecule has 1 aliphatic heterocycles. The van der Waals surface area contributed by atoms with Gasteiger partial charge in [0.2, 0.25) is 0 Å². The Bertz CT molecular complexity index is 1580. The average Bonchev–Trinajstić information content (AvgIpc) is 3.02. The maximum Gasteiger partial charge on any atom is 0.410 e. The number of benzene rings is 3. The lowest BCUT2D eigenvalue weighted by atomic mass is 9.87. The Balaban J connectivity index is 1.52. The van der Waals surface area contributed by atoms with Crippen molar-refractivity contribution in [2.24, 2.45) is 0 Å². The molecule has 43 heavy (non-hydrogen) atoms. The summed E-state index contributed by atoms with van der Waals surface area (Å²) in [5.74, 6) is 1.18. The molecule has 0 aliphatic carbocycles. The molecular formula is C36H38N4O3. The van der Waals surface area contributed by atoms with Gasteiger partial charge in [-0.2, -0.15) is 5.26 Å². The average molecular weight is 575 g/mol. The van der Waals surface area contributed by atoms with E-state index in [0.717, 1.165) is 35.1 Å². The standard InChI is InChI=1S/C36H38N4O3/c1-36(2,3)43-35(41)40-20-12-17-28(24-40)30-21-32(39-34(31(30)22-37)38-23-26-13-6-4-7-14-26)29-18-10-11-19-33(29)42-25-27-15-8-5-9-16-27/h4-11,13-16,18-19,21,28H,12,17,20,23-25H2,1-3H3,(H,38,39). The summed E-state index contributed by atoms with van der Waals surface area (Å²) >= 11 is 0. The Morgan fingerprint density at radius 2 is 1.67 bits per heavy atom. The van der Waals surface area contributed by atoms with Crippen molar-refractivity contribution in [2.75, 3.05) is 18.4 Å². The molecule has 1 aromatic heterocycles. The van der Waals surface area contributed by atoms with Gasteiger partial charge in [0.25, 0.3) is 0 Å². The second-order valence-electron chi connectivity index (χ2n) is 11.8. The van der Waals surface area contributed by atoms with Gasteiger partial charge < -0.3 is 19.7 Å². The minimum absolute atomic E-state index is 0.0488. The Morgan fingerprint density at radius 1 is 1.00 bits per heavy atom. The smallest absolute Gasteiger partial charge is 0.410 e. The number of amides is 1. The van der Waals surface area contributed by atoms with E-state index in [4.69, 9.17) is 14.5 Å². The van der Waals surface area contributed by atoms with Gasteiger partial charge in [-0.25, -0.2) is 9.78 Å². The molecule has 7 nitrogen and oxygen atoms in total. The zero-order chi connectivity index (χ0) is 30.2. The lowest BCUT2D eigenvalue weighted by Gasteiger charge is -2.35. The third-order valence-corrected chi connectivity index (χ3v) is 7.38. The van der Waals surface area contributed by atoms with Crippen LogP contribution in [-0.2, 0) is 17.9 Å². The third kappa shape index (κ3) is 7.72. The molecule has 1 aliphatic rings. The Hall–Kier alpha value is -4.83. The molecule has 5 rings (SSSR count). The van der Waals surface area contributed by atoms with E-state index in [1.54, 1.807) is 4.90 Å². The lowest BCUT2D eigenvalue weighted by Crippen LogP contribution is -2.42. The number of aromatic nitrogens is 1. The first kappa shape index (κ1) is 29.7. The zero-order valence-corrected chi connectivity index (χ0v) is 25.0. The van der Waals surface area contributed by atoms with Crippen molar-refractivity contribution in [1.82, 2.24) is 9.88 Å². The number of carbonyl (C=O) groups is 1. The molecule has 1 fully saturated rings. The van der Waals surface area contributed by atoms with Gasteiger partial charge in [0.15, 0.2) is 0 Å². The van der Waals surface area contributed by atoms with Gasteiger partial charge in [-0.1, -0.05) is 72.8 Å². The largest absolute Gasteiger partial charge is 0.488 e. The molecular weight excluding hydrogens is 536 g/mol. The number of carbonyl (C=O) groups excluding carboxylic acids is 1. The predicted molar refractivity (Wildman–Crippen MR) is 169 cm³/mol. The van der Waals surface area contributed by atoms with Crippen molar-refractivity contribution in [3.8, 4) is 23.1 Å². The van der Waals surface area contributed by atoms with Gasteiger partial charge in [0.05, 0.1) is 11.3 Å². The maximum absolute atomic E-state index is 13.0. The van der Waals surface area contributed by atoms with Crippen molar-refractivity contribution < 1.29 is 14.3 Å². The molecule has 1 N–H and O–H groups in total. The summed E-state index contributed by atoms with van der Waals surface area (Å²) in [5.41, 5.74) is 4.49. The van der Waals surface area contributed by atoms with Crippen LogP contribution in [0.4, 0.5) is 10.6 Å². The van der Waals surface area contributed by atoms with Gasteiger partial charge in [-0.3, -0.25) is 0 Å². The first-order valence-corrected chi connectivity index (χ1v) is 14.8. The number of para-hydroxylation sites is 1. The predicted octanol–water partition coefficient (Wildman–Crippen LogP) is 7.93. The second kappa shape index (κ2) is 13.4. The van der Waals surface area contributed by atoms with Crippen LogP contribution >= 0.6 is 0 Å². The van der Waals surface area contributed by atoms with Crippen LogP contribution in [0.25, 0.3) is 11.3 Å². The number of anilines is 1. The van der Waals surface area contributed by atoms with Crippen molar-refractivity contribution in [3.05, 3.63) is 113 Å². The maximum atomic E-state index is 13.0. The molecule has 0 saturated carbocycles. The molecule has 0 radical (unpaired) electrons. The first-order chi connectivity index (χ1) is 20.8. The molecule has 3 aromatic carbocycles. The van der Waals surface area contributed by atoms with E-state index < -0.39 is 5.60 Å². The molecule has 1 atom stereocenters. The van der Waals surface area contributed by atoms with Gasteiger partial charge in [-0.15, -0.1) is 0 Å². The van der Waals surface area contributed by atoms with Crippen LogP contribution in [0.15, 0.2) is 91.0 Å². The molecule has 0 bridgehead atoms. The fraction of sp³-hybridized carbons (Fsp3) is 0.306. The van der Waals surface area contributed by atoms with Crippen LogP contribution < -0.4 is 10.1 Å². The Kier molecular flexibility index (Phi) is 9.26. The van der Waals surface area contributed by atoms with Crippen molar-refractivity contribution in [2.45, 2.75) is 58.3 Å². The summed E-state index contributed by atoms with van der Waals surface area (Å²) in [6.45, 7) is 7.66. The summed E-state index contributed by atoms with van der Waals surface area (Å²) in [4.78, 5) is 19.7. The summed E-state index contributed by atoms with van der Waals surface area (Å²) in [6.07, 6.45) is 1.34. The fourth-order valence-corrected chi connectivity index (χ4v) is 5.31. The monoisotopic (exact) mass is 574 g/mol. The lowest BCUT2D eigenvalue weighted by molar-refractivity contribution is 0.0198. The minimum Gasteiger partial charge on any atom is -0.488 e. The number of likely N-dealkylation sites (tertiary alicyclic amines) is 1. The fourth-order valence-electron chi connectivity index (χ4n) is 5.31. The molecule has 4 aromatic rings. The number of ether oxygens (including phenoxy) is 2. The third-order valence-electron chi connectivity index (χ3n) is 7.38. The molecule has 7 heteroatoms. The summed E-state index contributed by atoms with van der Waals surface area (Å²) in [5, 5.41) is 13.9. The minimum atomic E-state index is -0.580. The van der Waals surface area contributed by atoms with E-state index in [1.807, 2.05) is 112 Å². The van der Waals surface area contributed by atoms with Gasteiger partial charge >= 0.3 is 6.09 Å². The van der Waals surface area contributed by atoms with Crippen LogP contribution in [-0.4, -0.2) is 34.7 Å². The quantitative estimate of drug-likeness (QED) is 0.230. The summed E-state index contributed by atoms with van der Waals surface area (Å²) < 4.78 is 12.0. The second-order valence-corrected chi connectivity index (χ2v) is 11.8. The number of hydrogen-bond donors (Lipinski definition) is 1. The van der Waals surface area contributed by atoms with Crippen LogP contribution in [0.3, 0.4) is 0 Å². The highest BCUT2D eigenvalue weighted by Gasteiger charge is 2.31. The number of pyridine rings is 1. The molecule has 220 valence electrons. The first-order valence-electron chi connectivity index (χ1n) is 14.8. The van der Waals surface area contributed by atoms with Crippen LogP contribution in [0.5, 0.6) is 5.75 Å². The van der Waals surface area contributed by atoms with Gasteiger partial charge in [-0.05, 0) is 68.5 Å². The van der Waals surface area contributed by atoms with E-state index in [0.29, 0.717) is 49.1 Å². The van der Waals surface area contributed by atoms with Crippen molar-refractivity contribution in [3.63, 3.8) is 0 Å². The van der Waals surface area contributed by atoms with E-state index in [1.165, 1.54) is 0 Å². The highest BCUT2D eigenvalue weighted by molar-refractivity contribution is 5.73. The summed E-state index contributed by atoms with van der Waals surface area (Å²) in [7, 11) is 0.